The Bertz CT molecular complexity index is 363. The molecule has 1 aliphatic rings. The summed E-state index contributed by atoms with van der Waals surface area (Å²) in [5.74, 6) is -0.232. The summed E-state index contributed by atoms with van der Waals surface area (Å²) < 4.78 is 24.2. The van der Waals surface area contributed by atoms with Crippen LogP contribution < -0.4 is 5.32 Å². The molecule has 0 saturated heterocycles. The molecule has 17 heavy (non-hydrogen) atoms. The first kappa shape index (κ1) is 14.4. The van der Waals surface area contributed by atoms with E-state index in [0.717, 1.165) is 25.6 Å². The van der Waals surface area contributed by atoms with E-state index >= 15 is 0 Å². The third-order valence-electron chi connectivity index (χ3n) is 2.56. The molecular weight excluding hydrogens is 242 g/mol. The van der Waals surface area contributed by atoms with Crippen LogP contribution in [0.25, 0.3) is 0 Å². The highest BCUT2D eigenvalue weighted by atomic mass is 32.2. The Kier molecular flexibility index (Phi) is 4.91. The number of amides is 1. The molecule has 1 rings (SSSR count). The number of carbonyl (C=O) groups is 1. The van der Waals surface area contributed by atoms with Gasteiger partial charge in [0.15, 0.2) is 0 Å². The summed E-state index contributed by atoms with van der Waals surface area (Å²) in [7, 11) is 0.556. The van der Waals surface area contributed by atoms with Crippen molar-refractivity contribution in [1.82, 2.24) is 14.5 Å². The number of rotatable bonds is 7. The topological polar surface area (TPSA) is 69.7 Å². The second kappa shape index (κ2) is 5.79. The molecule has 0 atom stereocenters. The molecule has 0 bridgehead atoms. The van der Waals surface area contributed by atoms with Gasteiger partial charge in [-0.2, -0.15) is 4.31 Å². The lowest BCUT2D eigenvalue weighted by Gasteiger charge is -2.19. The molecule has 0 unspecified atom stereocenters. The largest absolute Gasteiger partial charge is 0.354 e. The standard InChI is InChI=1S/C10H21N3O3S/c1-12(2)7-6-11-10(14)8-13(9-4-5-9)17(3,15)16/h9H,4-8H2,1-3H3,(H,11,14). The Hall–Kier alpha value is -0.660. The second-order valence-electron chi connectivity index (χ2n) is 4.69. The molecule has 0 spiro atoms. The summed E-state index contributed by atoms with van der Waals surface area (Å²) in [4.78, 5) is 13.5. The van der Waals surface area contributed by atoms with Gasteiger partial charge in [-0.25, -0.2) is 8.42 Å². The number of likely N-dealkylation sites (N-methyl/N-ethyl adjacent to an activating group) is 1. The summed E-state index contributed by atoms with van der Waals surface area (Å²) >= 11 is 0. The molecule has 0 aliphatic heterocycles. The summed E-state index contributed by atoms with van der Waals surface area (Å²) in [5.41, 5.74) is 0. The minimum atomic E-state index is -3.28. The molecule has 0 aromatic carbocycles. The lowest BCUT2D eigenvalue weighted by Crippen LogP contribution is -2.42. The van der Waals surface area contributed by atoms with Gasteiger partial charge in [-0.15, -0.1) is 0 Å². The Morgan fingerprint density at radius 2 is 1.94 bits per heavy atom. The van der Waals surface area contributed by atoms with Crippen LogP contribution in [0.15, 0.2) is 0 Å². The lowest BCUT2D eigenvalue weighted by molar-refractivity contribution is -0.121. The highest BCUT2D eigenvalue weighted by Gasteiger charge is 2.36. The molecule has 0 aromatic heterocycles. The van der Waals surface area contributed by atoms with Crippen LogP contribution in [-0.2, 0) is 14.8 Å². The number of hydrogen-bond acceptors (Lipinski definition) is 4. The molecule has 0 heterocycles. The maximum atomic E-state index is 11.6. The van der Waals surface area contributed by atoms with E-state index in [2.05, 4.69) is 5.32 Å². The molecule has 1 fully saturated rings. The van der Waals surface area contributed by atoms with Crippen molar-refractivity contribution in [2.24, 2.45) is 0 Å². The average molecular weight is 263 g/mol. The van der Waals surface area contributed by atoms with Gasteiger partial charge < -0.3 is 10.2 Å². The molecule has 0 radical (unpaired) electrons. The third kappa shape index (κ3) is 5.47. The van der Waals surface area contributed by atoms with Crippen molar-refractivity contribution < 1.29 is 13.2 Å². The number of hydrogen-bond donors (Lipinski definition) is 1. The first-order valence-electron chi connectivity index (χ1n) is 5.69. The van der Waals surface area contributed by atoms with Crippen molar-refractivity contribution in [2.75, 3.05) is 40.0 Å². The van der Waals surface area contributed by atoms with E-state index in [1.54, 1.807) is 0 Å². The van der Waals surface area contributed by atoms with Gasteiger partial charge in [0.2, 0.25) is 15.9 Å². The van der Waals surface area contributed by atoms with Crippen molar-refractivity contribution in [3.8, 4) is 0 Å². The van der Waals surface area contributed by atoms with Gasteiger partial charge in [-0.1, -0.05) is 0 Å². The van der Waals surface area contributed by atoms with Crippen LogP contribution in [0.4, 0.5) is 0 Å². The molecule has 1 saturated carbocycles. The van der Waals surface area contributed by atoms with Gasteiger partial charge in [-0.3, -0.25) is 4.79 Å². The normalized spacial score (nSPS) is 16.5. The van der Waals surface area contributed by atoms with E-state index in [1.807, 2.05) is 19.0 Å². The average Bonchev–Trinajstić information content (AvgIpc) is 2.94. The Morgan fingerprint density at radius 1 is 1.35 bits per heavy atom. The number of nitrogens with one attached hydrogen (secondary N) is 1. The number of carbonyl (C=O) groups excluding carboxylic acids is 1. The van der Waals surface area contributed by atoms with Crippen LogP contribution in [0.5, 0.6) is 0 Å². The summed E-state index contributed by atoms with van der Waals surface area (Å²) in [6.07, 6.45) is 2.87. The van der Waals surface area contributed by atoms with Crippen LogP contribution >= 0.6 is 0 Å². The lowest BCUT2D eigenvalue weighted by atomic mass is 10.5. The molecule has 1 N–H and O–H groups in total. The Morgan fingerprint density at radius 3 is 2.35 bits per heavy atom. The quantitative estimate of drug-likeness (QED) is 0.645. The van der Waals surface area contributed by atoms with Crippen LogP contribution in [0.3, 0.4) is 0 Å². The van der Waals surface area contributed by atoms with E-state index in [4.69, 9.17) is 0 Å². The maximum absolute atomic E-state index is 11.6. The van der Waals surface area contributed by atoms with E-state index < -0.39 is 10.0 Å². The predicted octanol–water partition coefficient (Wildman–Crippen LogP) is -0.912. The SMILES string of the molecule is CN(C)CCNC(=O)CN(C1CC1)S(C)(=O)=O. The fraction of sp³-hybridized carbons (Fsp3) is 0.900. The fourth-order valence-electron chi connectivity index (χ4n) is 1.50. The molecule has 7 heteroatoms. The van der Waals surface area contributed by atoms with E-state index in [1.165, 1.54) is 4.31 Å². The van der Waals surface area contributed by atoms with Gasteiger partial charge >= 0.3 is 0 Å². The van der Waals surface area contributed by atoms with Gasteiger partial charge in [0.05, 0.1) is 12.8 Å². The zero-order valence-electron chi connectivity index (χ0n) is 10.6. The first-order chi connectivity index (χ1) is 7.80. The summed E-state index contributed by atoms with van der Waals surface area (Å²) in [6.45, 7) is 1.22. The van der Waals surface area contributed by atoms with Crippen LogP contribution in [0, 0.1) is 0 Å². The first-order valence-corrected chi connectivity index (χ1v) is 7.54. The van der Waals surface area contributed by atoms with Crippen LogP contribution in [-0.4, -0.2) is 69.6 Å². The van der Waals surface area contributed by atoms with E-state index in [0.29, 0.717) is 6.54 Å². The molecule has 1 aliphatic carbocycles. The van der Waals surface area contributed by atoms with Gasteiger partial charge in [-0.05, 0) is 26.9 Å². The maximum Gasteiger partial charge on any atom is 0.235 e. The van der Waals surface area contributed by atoms with Gasteiger partial charge in [0.25, 0.3) is 0 Å². The van der Waals surface area contributed by atoms with Crippen LogP contribution in [0.2, 0.25) is 0 Å². The molecule has 1 amide bonds. The molecule has 0 aromatic rings. The molecule has 100 valence electrons. The van der Waals surface area contributed by atoms with Crippen molar-refractivity contribution in [1.29, 1.82) is 0 Å². The van der Waals surface area contributed by atoms with Crippen molar-refractivity contribution >= 4 is 15.9 Å². The fourth-order valence-corrected chi connectivity index (χ4v) is 2.60. The van der Waals surface area contributed by atoms with E-state index in [9.17, 15) is 13.2 Å². The number of nitrogens with zero attached hydrogens (tertiary/aromatic N) is 2. The third-order valence-corrected chi connectivity index (χ3v) is 3.84. The monoisotopic (exact) mass is 263 g/mol. The van der Waals surface area contributed by atoms with Gasteiger partial charge in [0, 0.05) is 19.1 Å². The highest BCUT2D eigenvalue weighted by Crippen LogP contribution is 2.28. The highest BCUT2D eigenvalue weighted by molar-refractivity contribution is 7.88. The minimum Gasteiger partial charge on any atom is -0.354 e. The summed E-state index contributed by atoms with van der Waals surface area (Å²) in [5, 5.41) is 2.71. The minimum absolute atomic E-state index is 0.0320. The zero-order valence-corrected chi connectivity index (χ0v) is 11.5. The van der Waals surface area contributed by atoms with Crippen molar-refractivity contribution in [3.05, 3.63) is 0 Å². The zero-order chi connectivity index (χ0) is 13.1. The molecule has 6 nitrogen and oxygen atoms in total. The van der Waals surface area contributed by atoms with Gasteiger partial charge in [0.1, 0.15) is 0 Å². The molecular formula is C10H21N3O3S. The predicted molar refractivity (Wildman–Crippen MR) is 66.1 cm³/mol. The Labute approximate surface area is 103 Å². The number of sulfonamides is 1. The van der Waals surface area contributed by atoms with Crippen molar-refractivity contribution in [2.45, 2.75) is 18.9 Å². The van der Waals surface area contributed by atoms with Crippen molar-refractivity contribution in [3.63, 3.8) is 0 Å². The Balaban J connectivity index is 2.37. The van der Waals surface area contributed by atoms with E-state index in [-0.39, 0.29) is 18.5 Å². The smallest absolute Gasteiger partial charge is 0.235 e. The summed E-state index contributed by atoms with van der Waals surface area (Å²) in [6, 6.07) is 0.0320. The van der Waals surface area contributed by atoms with Crippen LogP contribution in [0.1, 0.15) is 12.8 Å². The second-order valence-corrected chi connectivity index (χ2v) is 6.63.